The molecule has 1 N–H and O–H groups in total. The van der Waals surface area contributed by atoms with Gasteiger partial charge < -0.3 is 28.2 Å². The van der Waals surface area contributed by atoms with Crippen molar-refractivity contribution in [2.45, 2.75) is 163 Å². The molecule has 0 spiro atoms. The van der Waals surface area contributed by atoms with E-state index >= 15 is 4.79 Å². The van der Waals surface area contributed by atoms with Crippen LogP contribution in [0.3, 0.4) is 0 Å². The Bertz CT molecular complexity index is 1780. The van der Waals surface area contributed by atoms with Crippen LogP contribution < -0.4 is 0 Å². The molecule has 12 heteroatoms. The number of aliphatic carboxylic acids is 1. The van der Waals surface area contributed by atoms with E-state index in [2.05, 4.69) is 80.9 Å². The molecule has 0 bridgehead atoms. The maximum absolute atomic E-state index is 15.4. The van der Waals surface area contributed by atoms with Gasteiger partial charge in [0.05, 0.1) is 29.2 Å². The average Bonchev–Trinajstić information content (AvgIpc) is 3.36. The Morgan fingerprint density at radius 1 is 0.914 bits per heavy atom. The minimum Gasteiger partial charge on any atom is -0.481 e. The number of nitrogens with zero attached hydrogens (tertiary/aromatic N) is 3. The fourth-order valence-electron chi connectivity index (χ4n) is 7.02. The lowest BCUT2D eigenvalue weighted by atomic mass is 9.67. The minimum absolute atomic E-state index is 0.105. The van der Waals surface area contributed by atoms with Gasteiger partial charge in [0, 0.05) is 37.4 Å². The smallest absolute Gasteiger partial charge is 0.410 e. The van der Waals surface area contributed by atoms with Gasteiger partial charge in [-0.2, -0.15) is 0 Å². The van der Waals surface area contributed by atoms with Crippen molar-refractivity contribution < 1.29 is 33.1 Å². The number of fused-ring (bicyclic) bond motifs is 1. The molecule has 1 unspecified atom stereocenters. The summed E-state index contributed by atoms with van der Waals surface area (Å²) >= 11 is 0. The van der Waals surface area contributed by atoms with Gasteiger partial charge in [-0.1, -0.05) is 87.5 Å². The highest BCUT2D eigenvalue weighted by atomic mass is 28.4. The van der Waals surface area contributed by atoms with Gasteiger partial charge in [0.25, 0.3) is 0 Å². The molecule has 0 radical (unpaired) electrons. The molecule has 1 amide bonds. The Kier molecular flexibility index (Phi) is 16.5. The number of rotatable bonds is 19. The summed E-state index contributed by atoms with van der Waals surface area (Å²) in [5, 5.41) is 11.2. The Morgan fingerprint density at radius 2 is 1.45 bits per heavy atom. The summed E-state index contributed by atoms with van der Waals surface area (Å²) < 4.78 is 22.1. The number of benzene rings is 1. The van der Waals surface area contributed by atoms with Crippen molar-refractivity contribution in [3.8, 4) is 0 Å². The average molecular weight is 842 g/mol. The molecule has 1 aromatic carbocycles. The first-order chi connectivity index (χ1) is 26.1. The molecule has 58 heavy (non-hydrogen) atoms. The molecule has 2 rings (SSSR count). The zero-order valence-electron chi connectivity index (χ0n) is 39.6. The predicted octanol–water partition coefficient (Wildman–Crippen LogP) is 11.3. The number of hydrogen-bond acceptors (Lipinski definition) is 7. The second-order valence-corrected chi connectivity index (χ2v) is 30.6. The third-order valence-corrected chi connectivity index (χ3v) is 21.8. The summed E-state index contributed by atoms with van der Waals surface area (Å²) in [6.07, 6.45) is 1.65. The van der Waals surface area contributed by atoms with Crippen molar-refractivity contribution in [2.75, 3.05) is 13.1 Å². The number of ketones is 1. The molecule has 2 aromatic rings. The van der Waals surface area contributed by atoms with E-state index in [-0.39, 0.29) is 41.3 Å². The van der Waals surface area contributed by atoms with Gasteiger partial charge in [-0.15, -0.1) is 13.2 Å². The zero-order valence-corrected chi connectivity index (χ0v) is 41.6. The van der Waals surface area contributed by atoms with Crippen LogP contribution >= 0.6 is 0 Å². The van der Waals surface area contributed by atoms with Crippen molar-refractivity contribution in [1.29, 1.82) is 0 Å². The van der Waals surface area contributed by atoms with E-state index in [0.717, 1.165) is 22.4 Å². The number of carboxylic acid groups (broad SMARTS) is 1. The van der Waals surface area contributed by atoms with E-state index in [0.29, 0.717) is 0 Å². The van der Waals surface area contributed by atoms with Crippen LogP contribution in [0, 0.1) is 30.1 Å². The fourth-order valence-corrected chi connectivity index (χ4v) is 9.91. The molecule has 1 heterocycles. The molecule has 6 atom stereocenters. The number of ether oxygens (including phenoxy) is 1. The number of amides is 1. The third kappa shape index (κ3) is 12.0. The van der Waals surface area contributed by atoms with Gasteiger partial charge in [-0.3, -0.25) is 9.59 Å². The highest BCUT2D eigenvalue weighted by Crippen LogP contribution is 2.48. The highest BCUT2D eigenvalue weighted by molar-refractivity contribution is 6.74. The lowest BCUT2D eigenvalue weighted by molar-refractivity contribution is -0.155. The van der Waals surface area contributed by atoms with Crippen LogP contribution in [0.1, 0.15) is 114 Å². The van der Waals surface area contributed by atoms with Crippen molar-refractivity contribution in [2.24, 2.45) is 30.2 Å². The van der Waals surface area contributed by atoms with Crippen LogP contribution in [0.25, 0.3) is 11.0 Å². The molecule has 0 saturated carbocycles. The van der Waals surface area contributed by atoms with Gasteiger partial charge in [0.1, 0.15) is 17.2 Å². The number of carbonyl (C=O) groups excluding carboxylic acids is 2. The van der Waals surface area contributed by atoms with E-state index in [1.54, 1.807) is 11.0 Å². The summed E-state index contributed by atoms with van der Waals surface area (Å²) in [4.78, 5) is 49.4. The molecular weight excluding hydrogens is 763 g/mol. The molecule has 0 saturated heterocycles. The van der Waals surface area contributed by atoms with E-state index in [1.807, 2.05) is 91.3 Å². The van der Waals surface area contributed by atoms with Crippen molar-refractivity contribution in [3.63, 3.8) is 0 Å². The maximum Gasteiger partial charge on any atom is 0.410 e. The Balaban J connectivity index is 2.97. The quantitative estimate of drug-likeness (QED) is 0.110. The van der Waals surface area contributed by atoms with Gasteiger partial charge >= 0.3 is 12.1 Å². The SMILES string of the molecule is C=CCN(CC[C@H](c1ccc2c(c1)nc(C)n2C)C(C(=O)O)[C@H](O[Si](C)(C)C(C)(C)C)C(C)(C)C(=O)[C@H](C)[C@@H](O[Si](C)(C)C(C)(C)C)[C@@H](C)C=C)C(=O)OC(C)(C)C. The minimum atomic E-state index is -2.75. The lowest BCUT2D eigenvalue weighted by Gasteiger charge is -2.49. The van der Waals surface area contributed by atoms with Crippen LogP contribution in [0.2, 0.25) is 36.3 Å². The van der Waals surface area contributed by atoms with E-state index < -0.39 is 69.7 Å². The van der Waals surface area contributed by atoms with Crippen LogP contribution in [-0.4, -0.2) is 84.9 Å². The maximum atomic E-state index is 15.4. The first-order valence-electron chi connectivity index (χ1n) is 20.9. The molecule has 328 valence electrons. The van der Waals surface area contributed by atoms with Gasteiger partial charge in [0.15, 0.2) is 16.6 Å². The number of hydrogen-bond donors (Lipinski definition) is 1. The number of aromatic nitrogens is 2. The van der Waals surface area contributed by atoms with Crippen LogP contribution in [-0.2, 0) is 30.2 Å². The summed E-state index contributed by atoms with van der Waals surface area (Å²) in [6, 6.07) is 5.86. The van der Waals surface area contributed by atoms with Gasteiger partial charge in [-0.05, 0) is 94.0 Å². The lowest BCUT2D eigenvalue weighted by Crippen LogP contribution is -2.57. The molecular formula is C46H79N3O7Si2. The fraction of sp³-hybridized carbons (Fsp3) is 0.696. The molecule has 0 aliphatic heterocycles. The second kappa shape index (κ2) is 18.7. The number of aryl methyl sites for hydroxylation is 2. The molecule has 0 aliphatic rings. The summed E-state index contributed by atoms with van der Waals surface area (Å²) in [5.74, 6) is -3.06. The number of carbonyl (C=O) groups is 3. The monoisotopic (exact) mass is 842 g/mol. The van der Waals surface area contributed by atoms with E-state index in [9.17, 15) is 14.7 Å². The molecule has 0 fully saturated rings. The first kappa shape index (κ1) is 51.1. The van der Waals surface area contributed by atoms with Crippen LogP contribution in [0.5, 0.6) is 0 Å². The first-order valence-corrected chi connectivity index (χ1v) is 26.7. The highest BCUT2D eigenvalue weighted by Gasteiger charge is 2.54. The largest absolute Gasteiger partial charge is 0.481 e. The Morgan fingerprint density at radius 3 is 1.91 bits per heavy atom. The second-order valence-electron chi connectivity index (χ2n) is 21.1. The number of imidazole rings is 1. The number of carboxylic acids is 1. The third-order valence-electron chi connectivity index (χ3n) is 12.9. The Labute approximate surface area is 353 Å². The summed E-state index contributed by atoms with van der Waals surface area (Å²) in [5.41, 5.74) is 0.345. The molecule has 0 aliphatic carbocycles. The molecule has 10 nitrogen and oxygen atoms in total. The standard InChI is InChI=1S/C46H79N3O7Si2/c1-22-27-49(42(53)54-43(6,7)8)28-26-34(33-24-25-36-35(29-33)47-32(5)48(36)17)37(41(51)52)40(56-58(20,21)45(12,13)14)46(15,16)39(50)31(4)38(30(3)23-2)55-57(18,19)44(9,10)11/h22-25,29-31,34,37-38,40H,1-2,26-28H2,3-21H3,(H,51,52)/t30-,31+,34+,37?,38-,40-/m0/s1. The Hall–Kier alpha value is -3.07. The zero-order chi connectivity index (χ0) is 45.1. The number of Topliss-reactive ketones (excluding diaryl/α,β-unsaturated/α-hetero) is 1. The molecule has 1 aromatic heterocycles. The van der Waals surface area contributed by atoms with Crippen LogP contribution in [0.4, 0.5) is 4.79 Å². The van der Waals surface area contributed by atoms with Crippen molar-refractivity contribution in [1.82, 2.24) is 14.5 Å². The van der Waals surface area contributed by atoms with E-state index in [4.69, 9.17) is 18.6 Å². The van der Waals surface area contributed by atoms with Crippen LogP contribution in [0.15, 0.2) is 43.5 Å². The normalized spacial score (nSPS) is 16.5. The van der Waals surface area contributed by atoms with Crippen molar-refractivity contribution in [3.05, 3.63) is 54.9 Å². The van der Waals surface area contributed by atoms with E-state index in [1.165, 1.54) is 0 Å². The predicted molar refractivity (Wildman–Crippen MR) is 243 cm³/mol. The van der Waals surface area contributed by atoms with Crippen molar-refractivity contribution >= 4 is 45.5 Å². The summed E-state index contributed by atoms with van der Waals surface area (Å²) in [6.45, 7) is 44.7. The summed E-state index contributed by atoms with van der Waals surface area (Å²) in [7, 11) is -3.16. The van der Waals surface area contributed by atoms with Gasteiger partial charge in [0.2, 0.25) is 0 Å². The van der Waals surface area contributed by atoms with Gasteiger partial charge in [-0.25, -0.2) is 9.78 Å². The topological polar surface area (TPSA) is 120 Å².